The summed E-state index contributed by atoms with van der Waals surface area (Å²) in [5.74, 6) is 0.0940. The lowest BCUT2D eigenvalue weighted by molar-refractivity contribution is 0.0696. The maximum Gasteiger partial charge on any atom is 0.335 e. The van der Waals surface area contributed by atoms with Crippen LogP contribution in [0.1, 0.15) is 36.0 Å². The Bertz CT molecular complexity index is 489. The smallest absolute Gasteiger partial charge is 0.335 e. The van der Waals surface area contributed by atoms with Crippen molar-refractivity contribution < 1.29 is 19.4 Å². The van der Waals surface area contributed by atoms with Crippen LogP contribution >= 0.6 is 0 Å². The number of carboxylic acids is 1. The van der Waals surface area contributed by atoms with Crippen molar-refractivity contribution >= 4 is 5.97 Å². The Morgan fingerprint density at radius 1 is 1.38 bits per heavy atom. The van der Waals surface area contributed by atoms with Crippen LogP contribution in [0.2, 0.25) is 0 Å². The van der Waals surface area contributed by atoms with Crippen LogP contribution in [0.5, 0.6) is 11.5 Å². The maximum absolute atomic E-state index is 10.9. The fourth-order valence-electron chi connectivity index (χ4n) is 2.73. The summed E-state index contributed by atoms with van der Waals surface area (Å²) in [4.78, 5) is 13.3. The van der Waals surface area contributed by atoms with Gasteiger partial charge in [-0.3, -0.25) is 0 Å². The van der Waals surface area contributed by atoms with Crippen molar-refractivity contribution in [2.24, 2.45) is 0 Å². The molecule has 0 radical (unpaired) electrons. The van der Waals surface area contributed by atoms with Crippen LogP contribution in [0.15, 0.2) is 18.2 Å². The first kappa shape index (κ1) is 15.6. The van der Waals surface area contributed by atoms with Crippen molar-refractivity contribution in [2.75, 3.05) is 27.3 Å². The van der Waals surface area contributed by atoms with E-state index in [1.807, 2.05) is 0 Å². The van der Waals surface area contributed by atoms with E-state index in [4.69, 9.17) is 14.6 Å². The predicted octanol–water partition coefficient (Wildman–Crippen LogP) is 2.65. The van der Waals surface area contributed by atoms with Crippen LogP contribution in [0.4, 0.5) is 0 Å². The second-order valence-electron chi connectivity index (χ2n) is 5.44. The molecule has 1 unspecified atom stereocenters. The molecule has 1 aromatic carbocycles. The lowest BCUT2D eigenvalue weighted by atomic mass is 10.0. The van der Waals surface area contributed by atoms with Gasteiger partial charge in [0.15, 0.2) is 11.5 Å². The summed E-state index contributed by atoms with van der Waals surface area (Å²) in [6, 6.07) is 5.26. The summed E-state index contributed by atoms with van der Waals surface area (Å²) in [5, 5.41) is 8.97. The van der Waals surface area contributed by atoms with Gasteiger partial charge in [-0.05, 0) is 51.1 Å². The minimum absolute atomic E-state index is 0.200. The zero-order valence-corrected chi connectivity index (χ0v) is 12.7. The van der Waals surface area contributed by atoms with Gasteiger partial charge in [0.1, 0.15) is 0 Å². The number of carboxylic acid groups (broad SMARTS) is 1. The van der Waals surface area contributed by atoms with Gasteiger partial charge in [0.2, 0.25) is 0 Å². The van der Waals surface area contributed by atoms with Gasteiger partial charge in [-0.25, -0.2) is 4.79 Å². The number of benzene rings is 1. The second-order valence-corrected chi connectivity index (χ2v) is 5.44. The van der Waals surface area contributed by atoms with E-state index in [1.165, 1.54) is 38.5 Å². The molecule has 1 saturated heterocycles. The van der Waals surface area contributed by atoms with Crippen LogP contribution in [-0.4, -0.2) is 49.3 Å². The normalized spacial score (nSPS) is 19.2. The fraction of sp³-hybridized carbons (Fsp3) is 0.562. The summed E-state index contributed by atoms with van der Waals surface area (Å²) >= 11 is 0. The SMILES string of the molecule is COc1cc(C(=O)O)ccc1OCCC1CCCCN1C. The predicted molar refractivity (Wildman–Crippen MR) is 80.3 cm³/mol. The highest BCUT2D eigenvalue weighted by Gasteiger charge is 2.19. The number of ether oxygens (including phenoxy) is 2. The molecule has 0 aliphatic carbocycles. The molecule has 2 rings (SSSR count). The van der Waals surface area contributed by atoms with Gasteiger partial charge < -0.3 is 19.5 Å². The molecule has 1 aliphatic heterocycles. The van der Waals surface area contributed by atoms with Crippen LogP contribution in [0.3, 0.4) is 0 Å². The lowest BCUT2D eigenvalue weighted by Crippen LogP contribution is -2.37. The maximum atomic E-state index is 10.9. The third-order valence-electron chi connectivity index (χ3n) is 4.04. The summed E-state index contributed by atoms with van der Waals surface area (Å²) in [7, 11) is 3.68. The van der Waals surface area contributed by atoms with Crippen molar-refractivity contribution in [3.05, 3.63) is 23.8 Å². The van der Waals surface area contributed by atoms with E-state index in [2.05, 4.69) is 11.9 Å². The Balaban J connectivity index is 1.91. The van der Waals surface area contributed by atoms with E-state index >= 15 is 0 Å². The molecule has 1 heterocycles. The minimum atomic E-state index is -0.969. The van der Waals surface area contributed by atoms with E-state index in [1.54, 1.807) is 6.07 Å². The van der Waals surface area contributed by atoms with Crippen molar-refractivity contribution in [3.8, 4) is 11.5 Å². The van der Waals surface area contributed by atoms with Gasteiger partial charge in [0.25, 0.3) is 0 Å². The number of rotatable bonds is 6. The van der Waals surface area contributed by atoms with E-state index in [0.717, 1.165) is 13.0 Å². The van der Waals surface area contributed by atoms with Crippen LogP contribution in [-0.2, 0) is 0 Å². The number of likely N-dealkylation sites (tertiary alicyclic amines) is 1. The first-order chi connectivity index (χ1) is 10.1. The van der Waals surface area contributed by atoms with Crippen molar-refractivity contribution in [1.82, 2.24) is 4.90 Å². The third kappa shape index (κ3) is 4.11. The molecular weight excluding hydrogens is 270 g/mol. The number of methoxy groups -OCH3 is 1. The Morgan fingerprint density at radius 2 is 2.19 bits per heavy atom. The van der Waals surface area contributed by atoms with E-state index in [-0.39, 0.29) is 5.56 Å². The van der Waals surface area contributed by atoms with Crippen LogP contribution in [0, 0.1) is 0 Å². The highest BCUT2D eigenvalue weighted by atomic mass is 16.5. The highest BCUT2D eigenvalue weighted by molar-refractivity contribution is 5.88. The van der Waals surface area contributed by atoms with Crippen molar-refractivity contribution in [1.29, 1.82) is 0 Å². The molecule has 0 bridgehead atoms. The van der Waals surface area contributed by atoms with Gasteiger partial charge in [-0.15, -0.1) is 0 Å². The Labute approximate surface area is 125 Å². The molecular formula is C16H23NO4. The number of carbonyl (C=O) groups is 1. The molecule has 116 valence electrons. The zero-order valence-electron chi connectivity index (χ0n) is 12.7. The molecule has 1 aliphatic rings. The number of nitrogens with zero attached hydrogens (tertiary/aromatic N) is 1. The molecule has 1 N–H and O–H groups in total. The molecule has 5 nitrogen and oxygen atoms in total. The number of hydrogen-bond donors (Lipinski definition) is 1. The molecule has 5 heteroatoms. The monoisotopic (exact) mass is 293 g/mol. The lowest BCUT2D eigenvalue weighted by Gasteiger charge is -2.32. The number of hydrogen-bond acceptors (Lipinski definition) is 4. The Kier molecular flexibility index (Phi) is 5.44. The van der Waals surface area contributed by atoms with Crippen LogP contribution in [0.25, 0.3) is 0 Å². The molecule has 1 fully saturated rings. The molecule has 21 heavy (non-hydrogen) atoms. The Hall–Kier alpha value is -1.75. The Morgan fingerprint density at radius 3 is 2.86 bits per heavy atom. The quantitative estimate of drug-likeness (QED) is 0.873. The van der Waals surface area contributed by atoms with Gasteiger partial charge in [0.05, 0.1) is 19.3 Å². The molecule has 0 saturated carbocycles. The summed E-state index contributed by atoms with van der Waals surface area (Å²) in [5.41, 5.74) is 0.200. The van der Waals surface area contributed by atoms with Gasteiger partial charge >= 0.3 is 5.97 Å². The first-order valence-corrected chi connectivity index (χ1v) is 7.36. The zero-order chi connectivity index (χ0) is 15.2. The van der Waals surface area contributed by atoms with Crippen LogP contribution < -0.4 is 9.47 Å². The third-order valence-corrected chi connectivity index (χ3v) is 4.04. The molecule has 1 aromatic rings. The second kappa shape index (κ2) is 7.31. The van der Waals surface area contributed by atoms with E-state index in [9.17, 15) is 4.79 Å². The van der Waals surface area contributed by atoms with Crippen molar-refractivity contribution in [3.63, 3.8) is 0 Å². The van der Waals surface area contributed by atoms with E-state index in [0.29, 0.717) is 24.1 Å². The number of aromatic carboxylic acids is 1. The van der Waals surface area contributed by atoms with Crippen molar-refractivity contribution in [2.45, 2.75) is 31.7 Å². The molecule has 0 spiro atoms. The summed E-state index contributed by atoms with van der Waals surface area (Å²) < 4.78 is 11.0. The molecule has 0 amide bonds. The minimum Gasteiger partial charge on any atom is -0.493 e. The number of piperidine rings is 1. The molecule has 1 atom stereocenters. The van der Waals surface area contributed by atoms with Gasteiger partial charge in [-0.2, -0.15) is 0 Å². The summed E-state index contributed by atoms with van der Waals surface area (Å²) in [6.45, 7) is 1.76. The largest absolute Gasteiger partial charge is 0.493 e. The fourth-order valence-corrected chi connectivity index (χ4v) is 2.73. The van der Waals surface area contributed by atoms with Gasteiger partial charge in [-0.1, -0.05) is 6.42 Å². The van der Waals surface area contributed by atoms with Gasteiger partial charge in [0, 0.05) is 6.04 Å². The molecule has 0 aromatic heterocycles. The first-order valence-electron chi connectivity index (χ1n) is 7.36. The summed E-state index contributed by atoms with van der Waals surface area (Å²) in [6.07, 6.45) is 4.75. The average Bonchev–Trinajstić information content (AvgIpc) is 2.49. The van der Waals surface area contributed by atoms with E-state index < -0.39 is 5.97 Å². The average molecular weight is 293 g/mol. The topological polar surface area (TPSA) is 59.0 Å². The standard InChI is InChI=1S/C16H23NO4/c1-17-9-4-3-5-13(17)8-10-21-14-7-6-12(16(18)19)11-15(14)20-2/h6-7,11,13H,3-5,8-10H2,1-2H3,(H,18,19). The highest BCUT2D eigenvalue weighted by Crippen LogP contribution is 2.28.